The maximum atomic E-state index is 11.2. The summed E-state index contributed by atoms with van der Waals surface area (Å²) in [6.07, 6.45) is 5.77. The van der Waals surface area contributed by atoms with E-state index in [0.29, 0.717) is 24.6 Å². The highest BCUT2D eigenvalue weighted by atomic mass is 16.5. The molecule has 2 aromatic rings. The minimum atomic E-state index is -0.690. The Kier molecular flexibility index (Phi) is 6.25. The SMILES string of the molecule is Cc1cc(CN2CCC(C(=O)O)C2)nc2ccc(OC3CCC(C(C)(C)C)CC3)cc12. The van der Waals surface area contributed by atoms with E-state index in [1.165, 1.54) is 18.4 Å². The van der Waals surface area contributed by atoms with Crippen molar-refractivity contribution in [3.63, 3.8) is 0 Å². The van der Waals surface area contributed by atoms with E-state index in [4.69, 9.17) is 9.72 Å². The minimum absolute atomic E-state index is 0.250. The maximum absolute atomic E-state index is 11.2. The van der Waals surface area contributed by atoms with E-state index < -0.39 is 5.97 Å². The van der Waals surface area contributed by atoms with E-state index in [9.17, 15) is 9.90 Å². The lowest BCUT2D eigenvalue weighted by Crippen LogP contribution is -2.30. The van der Waals surface area contributed by atoms with Crippen molar-refractivity contribution >= 4 is 16.9 Å². The van der Waals surface area contributed by atoms with Crippen molar-refractivity contribution < 1.29 is 14.6 Å². The van der Waals surface area contributed by atoms with Gasteiger partial charge in [-0.05, 0) is 86.7 Å². The average molecular weight is 425 g/mol. The number of ether oxygens (including phenoxy) is 1. The molecule has 1 aromatic heterocycles. The van der Waals surface area contributed by atoms with Gasteiger partial charge < -0.3 is 9.84 Å². The Bertz CT molecular complexity index is 942. The molecule has 1 unspecified atom stereocenters. The molecule has 5 heteroatoms. The van der Waals surface area contributed by atoms with Crippen LogP contribution in [0.2, 0.25) is 0 Å². The number of carbonyl (C=O) groups is 1. The summed E-state index contributed by atoms with van der Waals surface area (Å²) in [5, 5.41) is 10.4. The number of aromatic nitrogens is 1. The topological polar surface area (TPSA) is 62.7 Å². The molecule has 2 aliphatic rings. The fourth-order valence-corrected chi connectivity index (χ4v) is 5.24. The summed E-state index contributed by atoms with van der Waals surface area (Å²) in [6.45, 7) is 11.3. The molecular formula is C26H36N2O3. The Hall–Kier alpha value is -2.14. The Balaban J connectivity index is 1.41. The lowest BCUT2D eigenvalue weighted by atomic mass is 9.72. The average Bonchev–Trinajstić information content (AvgIpc) is 3.17. The number of rotatable bonds is 5. The standard InChI is InChI=1S/C26H36N2O3/c1-17-13-20(16-28-12-11-18(15-28)25(29)30)27-24-10-9-22(14-23(17)24)31-21-7-5-19(6-8-21)26(2,3)4/h9-10,13-14,18-19,21H,5-8,11-12,15-16H2,1-4H3,(H,29,30). The fraction of sp³-hybridized carbons (Fsp3) is 0.615. The molecule has 0 bridgehead atoms. The number of likely N-dealkylation sites (tertiary alicyclic amines) is 1. The second kappa shape index (κ2) is 8.78. The second-order valence-corrected chi connectivity index (χ2v) is 10.6. The molecule has 31 heavy (non-hydrogen) atoms. The van der Waals surface area contributed by atoms with E-state index >= 15 is 0 Å². The van der Waals surface area contributed by atoms with Crippen molar-refractivity contribution in [2.75, 3.05) is 13.1 Å². The molecule has 1 aromatic carbocycles. The first-order valence-electron chi connectivity index (χ1n) is 11.7. The van der Waals surface area contributed by atoms with Crippen LogP contribution < -0.4 is 4.74 Å². The van der Waals surface area contributed by atoms with Crippen LogP contribution in [-0.2, 0) is 11.3 Å². The monoisotopic (exact) mass is 424 g/mol. The van der Waals surface area contributed by atoms with Gasteiger partial charge in [-0.1, -0.05) is 20.8 Å². The van der Waals surface area contributed by atoms with Crippen molar-refractivity contribution in [3.8, 4) is 5.75 Å². The van der Waals surface area contributed by atoms with Gasteiger partial charge in [-0.15, -0.1) is 0 Å². The van der Waals surface area contributed by atoms with Crippen molar-refractivity contribution in [2.45, 2.75) is 72.4 Å². The van der Waals surface area contributed by atoms with Gasteiger partial charge in [0.2, 0.25) is 0 Å². The quantitative estimate of drug-likeness (QED) is 0.693. The summed E-state index contributed by atoms with van der Waals surface area (Å²) in [6, 6.07) is 8.37. The second-order valence-electron chi connectivity index (χ2n) is 10.6. The van der Waals surface area contributed by atoms with Gasteiger partial charge in [0.15, 0.2) is 0 Å². The first-order valence-corrected chi connectivity index (χ1v) is 11.7. The summed E-state index contributed by atoms with van der Waals surface area (Å²) in [5.74, 6) is 0.785. The van der Waals surface area contributed by atoms with Crippen LogP contribution in [0.5, 0.6) is 5.75 Å². The predicted molar refractivity (Wildman–Crippen MR) is 123 cm³/mol. The first kappa shape index (κ1) is 22.1. The Morgan fingerprint density at radius 3 is 2.55 bits per heavy atom. The van der Waals surface area contributed by atoms with E-state index in [0.717, 1.165) is 54.1 Å². The number of hydrogen-bond acceptors (Lipinski definition) is 4. The number of fused-ring (bicyclic) bond motifs is 1. The van der Waals surface area contributed by atoms with Crippen LogP contribution in [0.25, 0.3) is 10.9 Å². The van der Waals surface area contributed by atoms with Crippen LogP contribution in [0.15, 0.2) is 24.3 Å². The molecule has 1 saturated heterocycles. The molecule has 0 amide bonds. The van der Waals surface area contributed by atoms with E-state index in [-0.39, 0.29) is 5.92 Å². The van der Waals surface area contributed by atoms with Crippen LogP contribution in [0.4, 0.5) is 0 Å². The molecular weight excluding hydrogens is 388 g/mol. The first-order chi connectivity index (χ1) is 14.7. The summed E-state index contributed by atoms with van der Waals surface area (Å²) < 4.78 is 6.36. The zero-order chi connectivity index (χ0) is 22.2. The van der Waals surface area contributed by atoms with Crippen LogP contribution in [0.1, 0.15) is 64.1 Å². The van der Waals surface area contributed by atoms with Crippen LogP contribution >= 0.6 is 0 Å². The lowest BCUT2D eigenvalue weighted by molar-refractivity contribution is -0.141. The predicted octanol–water partition coefficient (Wildman–Crippen LogP) is 5.43. The normalized spacial score (nSPS) is 25.1. The van der Waals surface area contributed by atoms with Gasteiger partial charge in [0.05, 0.1) is 23.2 Å². The van der Waals surface area contributed by atoms with Crippen LogP contribution in [0, 0.1) is 24.2 Å². The van der Waals surface area contributed by atoms with Gasteiger partial charge in [-0.25, -0.2) is 0 Å². The summed E-state index contributed by atoms with van der Waals surface area (Å²) >= 11 is 0. The third-order valence-corrected chi connectivity index (χ3v) is 7.25. The highest BCUT2D eigenvalue weighted by Gasteiger charge is 2.30. The van der Waals surface area contributed by atoms with Crippen LogP contribution in [0.3, 0.4) is 0 Å². The molecule has 2 fully saturated rings. The van der Waals surface area contributed by atoms with Crippen molar-refractivity contribution in [1.82, 2.24) is 9.88 Å². The highest BCUT2D eigenvalue weighted by Crippen LogP contribution is 2.39. The summed E-state index contributed by atoms with van der Waals surface area (Å²) in [7, 11) is 0. The van der Waals surface area contributed by atoms with Crippen molar-refractivity contribution in [3.05, 3.63) is 35.5 Å². The number of carboxylic acids is 1. The zero-order valence-electron chi connectivity index (χ0n) is 19.4. The molecule has 1 aliphatic heterocycles. The third kappa shape index (κ3) is 5.20. The largest absolute Gasteiger partial charge is 0.490 e. The molecule has 1 atom stereocenters. The fourth-order valence-electron chi connectivity index (χ4n) is 5.24. The number of nitrogens with zero attached hydrogens (tertiary/aromatic N) is 2. The highest BCUT2D eigenvalue weighted by molar-refractivity contribution is 5.83. The van der Waals surface area contributed by atoms with Gasteiger partial charge >= 0.3 is 5.97 Å². The molecule has 0 spiro atoms. The maximum Gasteiger partial charge on any atom is 0.307 e. The smallest absolute Gasteiger partial charge is 0.307 e. The molecule has 5 nitrogen and oxygen atoms in total. The number of pyridine rings is 1. The Morgan fingerprint density at radius 2 is 1.90 bits per heavy atom. The molecule has 1 N–H and O–H groups in total. The summed E-state index contributed by atoms with van der Waals surface area (Å²) in [4.78, 5) is 18.3. The molecule has 1 aliphatic carbocycles. The number of benzene rings is 1. The van der Waals surface area contributed by atoms with Crippen molar-refractivity contribution in [2.24, 2.45) is 17.3 Å². The van der Waals surface area contributed by atoms with Gasteiger partial charge in [0, 0.05) is 18.5 Å². The number of carboxylic acid groups (broad SMARTS) is 1. The molecule has 2 heterocycles. The van der Waals surface area contributed by atoms with E-state index in [1.807, 2.05) is 6.07 Å². The lowest BCUT2D eigenvalue weighted by Gasteiger charge is -2.37. The van der Waals surface area contributed by atoms with E-state index in [2.05, 4.69) is 50.8 Å². The third-order valence-electron chi connectivity index (χ3n) is 7.25. The number of aryl methyl sites for hydroxylation is 1. The van der Waals surface area contributed by atoms with Crippen LogP contribution in [-0.4, -0.2) is 40.2 Å². The molecule has 4 rings (SSSR count). The van der Waals surface area contributed by atoms with Gasteiger partial charge in [-0.2, -0.15) is 0 Å². The summed E-state index contributed by atoms with van der Waals surface area (Å²) in [5.41, 5.74) is 3.56. The van der Waals surface area contributed by atoms with Gasteiger partial charge in [0.25, 0.3) is 0 Å². The van der Waals surface area contributed by atoms with E-state index in [1.54, 1.807) is 0 Å². The molecule has 1 saturated carbocycles. The van der Waals surface area contributed by atoms with Gasteiger partial charge in [0.1, 0.15) is 5.75 Å². The molecule has 168 valence electrons. The van der Waals surface area contributed by atoms with Gasteiger partial charge in [-0.3, -0.25) is 14.7 Å². The number of hydrogen-bond donors (Lipinski definition) is 1. The minimum Gasteiger partial charge on any atom is -0.490 e. The Labute approximate surface area is 185 Å². The molecule has 0 radical (unpaired) electrons. The van der Waals surface area contributed by atoms with Crippen molar-refractivity contribution in [1.29, 1.82) is 0 Å². The Morgan fingerprint density at radius 1 is 1.16 bits per heavy atom. The number of aliphatic carboxylic acids is 1. The zero-order valence-corrected chi connectivity index (χ0v) is 19.4.